The second kappa shape index (κ2) is 8.25. The van der Waals surface area contributed by atoms with E-state index in [4.69, 9.17) is 9.47 Å². The van der Waals surface area contributed by atoms with Gasteiger partial charge in [0.2, 0.25) is 0 Å². The van der Waals surface area contributed by atoms with E-state index in [9.17, 15) is 5.11 Å². The first kappa shape index (κ1) is 16.1. The average Bonchev–Trinajstić information content (AvgIpc) is 2.99. The van der Waals surface area contributed by atoms with E-state index in [-0.39, 0.29) is 6.10 Å². The molecule has 0 aromatic heterocycles. The molecule has 1 saturated carbocycles. The summed E-state index contributed by atoms with van der Waals surface area (Å²) in [6.45, 7) is 1.37. The summed E-state index contributed by atoms with van der Waals surface area (Å²) in [6.07, 6.45) is 5.92. The van der Waals surface area contributed by atoms with Crippen molar-refractivity contribution >= 4 is 0 Å². The quantitative estimate of drug-likeness (QED) is 0.774. The summed E-state index contributed by atoms with van der Waals surface area (Å²) in [6, 6.07) is 5.89. The van der Waals surface area contributed by atoms with Crippen LogP contribution in [0.25, 0.3) is 0 Å². The molecule has 2 rings (SSSR count). The molecule has 1 fully saturated rings. The van der Waals surface area contributed by atoms with Crippen LogP contribution in [0.2, 0.25) is 0 Å². The van der Waals surface area contributed by atoms with Gasteiger partial charge < -0.3 is 19.9 Å². The Labute approximate surface area is 127 Å². The van der Waals surface area contributed by atoms with Crippen molar-refractivity contribution in [2.45, 2.75) is 44.8 Å². The summed E-state index contributed by atoms with van der Waals surface area (Å²) >= 11 is 0. The summed E-state index contributed by atoms with van der Waals surface area (Å²) in [5.41, 5.74) is 1.13. The zero-order valence-electron chi connectivity index (χ0n) is 13.1. The lowest BCUT2D eigenvalue weighted by molar-refractivity contribution is 0.140. The molecular weight excluding hydrogens is 266 g/mol. The zero-order chi connectivity index (χ0) is 15.1. The van der Waals surface area contributed by atoms with E-state index < -0.39 is 0 Å². The Morgan fingerprint density at radius 2 is 1.90 bits per heavy atom. The van der Waals surface area contributed by atoms with Gasteiger partial charge in [-0.2, -0.15) is 0 Å². The fourth-order valence-electron chi connectivity index (χ4n) is 3.09. The normalized spacial score (nSPS) is 16.9. The van der Waals surface area contributed by atoms with Gasteiger partial charge in [0.15, 0.2) is 11.5 Å². The van der Waals surface area contributed by atoms with Crippen molar-refractivity contribution in [3.8, 4) is 11.5 Å². The minimum absolute atomic E-state index is 0.242. The summed E-state index contributed by atoms with van der Waals surface area (Å²) in [4.78, 5) is 0. The number of rotatable bonds is 8. The summed E-state index contributed by atoms with van der Waals surface area (Å²) in [5.74, 6) is 2.20. The van der Waals surface area contributed by atoms with Gasteiger partial charge in [-0.25, -0.2) is 0 Å². The number of aliphatic hydroxyl groups is 1. The highest BCUT2D eigenvalue weighted by molar-refractivity contribution is 5.42. The number of ether oxygens (including phenoxy) is 2. The van der Waals surface area contributed by atoms with Crippen molar-refractivity contribution < 1.29 is 14.6 Å². The van der Waals surface area contributed by atoms with Gasteiger partial charge in [0, 0.05) is 13.1 Å². The SMILES string of the molecule is COc1ccc(CNCC(O)CC2CCCC2)cc1OC. The van der Waals surface area contributed by atoms with Crippen LogP contribution in [0.15, 0.2) is 18.2 Å². The fraction of sp³-hybridized carbons (Fsp3) is 0.647. The number of nitrogens with one attached hydrogen (secondary N) is 1. The van der Waals surface area contributed by atoms with E-state index in [1.807, 2.05) is 18.2 Å². The van der Waals surface area contributed by atoms with Crippen LogP contribution < -0.4 is 14.8 Å². The van der Waals surface area contributed by atoms with Crippen molar-refractivity contribution in [3.63, 3.8) is 0 Å². The number of aliphatic hydroxyl groups excluding tert-OH is 1. The van der Waals surface area contributed by atoms with Gasteiger partial charge in [-0.05, 0) is 30.0 Å². The topological polar surface area (TPSA) is 50.7 Å². The van der Waals surface area contributed by atoms with Crippen LogP contribution in [0.4, 0.5) is 0 Å². The zero-order valence-corrected chi connectivity index (χ0v) is 13.1. The monoisotopic (exact) mass is 293 g/mol. The van der Waals surface area contributed by atoms with E-state index in [0.717, 1.165) is 35.9 Å². The Morgan fingerprint density at radius 3 is 2.57 bits per heavy atom. The Bertz CT molecular complexity index is 430. The molecule has 4 nitrogen and oxygen atoms in total. The van der Waals surface area contributed by atoms with Gasteiger partial charge in [0.05, 0.1) is 20.3 Å². The molecule has 0 aliphatic heterocycles. The van der Waals surface area contributed by atoms with Crippen LogP contribution in [0.5, 0.6) is 11.5 Å². The van der Waals surface area contributed by atoms with Gasteiger partial charge in [-0.3, -0.25) is 0 Å². The molecule has 0 bridgehead atoms. The number of hydrogen-bond acceptors (Lipinski definition) is 4. The molecule has 1 aromatic rings. The number of hydrogen-bond donors (Lipinski definition) is 2. The summed E-state index contributed by atoms with van der Waals surface area (Å²) in [5, 5.41) is 13.4. The van der Waals surface area contributed by atoms with E-state index in [1.165, 1.54) is 25.7 Å². The third-order valence-electron chi connectivity index (χ3n) is 4.24. The van der Waals surface area contributed by atoms with Gasteiger partial charge in [-0.15, -0.1) is 0 Å². The van der Waals surface area contributed by atoms with Crippen molar-refractivity contribution in [1.29, 1.82) is 0 Å². The van der Waals surface area contributed by atoms with Crippen molar-refractivity contribution in [3.05, 3.63) is 23.8 Å². The molecule has 0 radical (unpaired) electrons. The molecule has 1 aliphatic carbocycles. The van der Waals surface area contributed by atoms with Gasteiger partial charge in [-0.1, -0.05) is 31.7 Å². The van der Waals surface area contributed by atoms with Gasteiger partial charge in [0.25, 0.3) is 0 Å². The molecule has 21 heavy (non-hydrogen) atoms. The van der Waals surface area contributed by atoms with Crippen LogP contribution >= 0.6 is 0 Å². The standard InChI is InChI=1S/C17H27NO3/c1-20-16-8-7-14(10-17(16)21-2)11-18-12-15(19)9-13-5-3-4-6-13/h7-8,10,13,15,18-19H,3-6,9,11-12H2,1-2H3. The third-order valence-corrected chi connectivity index (χ3v) is 4.24. The first-order valence-corrected chi connectivity index (χ1v) is 7.82. The Balaban J connectivity index is 1.74. The predicted octanol–water partition coefficient (Wildman–Crippen LogP) is 2.73. The molecule has 0 saturated heterocycles. The lowest BCUT2D eigenvalue weighted by Gasteiger charge is -2.16. The maximum absolute atomic E-state index is 10.1. The second-order valence-electron chi connectivity index (χ2n) is 5.86. The van der Waals surface area contributed by atoms with Crippen LogP contribution in [-0.4, -0.2) is 32.0 Å². The van der Waals surface area contributed by atoms with Crippen LogP contribution in [0.1, 0.15) is 37.7 Å². The van der Waals surface area contributed by atoms with E-state index in [2.05, 4.69) is 5.32 Å². The van der Waals surface area contributed by atoms with Crippen molar-refractivity contribution in [2.75, 3.05) is 20.8 Å². The average molecular weight is 293 g/mol. The largest absolute Gasteiger partial charge is 0.493 e. The summed E-state index contributed by atoms with van der Waals surface area (Å²) in [7, 11) is 3.27. The number of benzene rings is 1. The van der Waals surface area contributed by atoms with E-state index >= 15 is 0 Å². The maximum Gasteiger partial charge on any atom is 0.161 e. The molecule has 118 valence electrons. The molecule has 1 unspecified atom stereocenters. The third kappa shape index (κ3) is 4.90. The molecule has 1 atom stereocenters. The molecule has 0 spiro atoms. The maximum atomic E-state index is 10.1. The lowest BCUT2D eigenvalue weighted by Crippen LogP contribution is -2.27. The molecule has 0 amide bonds. The lowest BCUT2D eigenvalue weighted by atomic mass is 10.00. The fourth-order valence-corrected chi connectivity index (χ4v) is 3.09. The first-order chi connectivity index (χ1) is 10.2. The summed E-state index contributed by atoms with van der Waals surface area (Å²) < 4.78 is 10.5. The Kier molecular flexibility index (Phi) is 6.33. The molecule has 4 heteroatoms. The van der Waals surface area contributed by atoms with Crippen LogP contribution in [0, 0.1) is 5.92 Å². The molecular formula is C17H27NO3. The van der Waals surface area contributed by atoms with E-state index in [0.29, 0.717) is 6.54 Å². The Hall–Kier alpha value is -1.26. The number of methoxy groups -OCH3 is 2. The minimum Gasteiger partial charge on any atom is -0.493 e. The van der Waals surface area contributed by atoms with E-state index in [1.54, 1.807) is 14.2 Å². The Morgan fingerprint density at radius 1 is 1.19 bits per heavy atom. The molecule has 1 aromatic carbocycles. The highest BCUT2D eigenvalue weighted by Crippen LogP contribution is 2.29. The second-order valence-corrected chi connectivity index (χ2v) is 5.86. The van der Waals surface area contributed by atoms with Crippen molar-refractivity contribution in [1.82, 2.24) is 5.32 Å². The first-order valence-electron chi connectivity index (χ1n) is 7.82. The molecule has 0 heterocycles. The van der Waals surface area contributed by atoms with Gasteiger partial charge in [0.1, 0.15) is 0 Å². The smallest absolute Gasteiger partial charge is 0.161 e. The van der Waals surface area contributed by atoms with Crippen LogP contribution in [-0.2, 0) is 6.54 Å². The van der Waals surface area contributed by atoms with Gasteiger partial charge >= 0.3 is 0 Å². The van der Waals surface area contributed by atoms with Crippen molar-refractivity contribution in [2.24, 2.45) is 5.92 Å². The molecule has 2 N–H and O–H groups in total. The van der Waals surface area contributed by atoms with Crippen LogP contribution in [0.3, 0.4) is 0 Å². The highest BCUT2D eigenvalue weighted by Gasteiger charge is 2.18. The molecule has 1 aliphatic rings. The minimum atomic E-state index is -0.242. The predicted molar refractivity (Wildman–Crippen MR) is 83.8 cm³/mol. The highest BCUT2D eigenvalue weighted by atomic mass is 16.5.